The predicted molar refractivity (Wildman–Crippen MR) is 60.2 cm³/mol. The van der Waals surface area contributed by atoms with Crippen LogP contribution in [0.5, 0.6) is 0 Å². The van der Waals surface area contributed by atoms with Gasteiger partial charge in [0, 0.05) is 25.7 Å². The van der Waals surface area contributed by atoms with Crippen molar-refractivity contribution in [2.24, 2.45) is 0 Å². The first kappa shape index (κ1) is 10.6. The van der Waals surface area contributed by atoms with Gasteiger partial charge in [-0.2, -0.15) is 0 Å². The Morgan fingerprint density at radius 2 is 2.53 bits per heavy atom. The lowest BCUT2D eigenvalue weighted by molar-refractivity contribution is 0.0660. The summed E-state index contributed by atoms with van der Waals surface area (Å²) >= 11 is 1.43. The summed E-state index contributed by atoms with van der Waals surface area (Å²) in [5.41, 5.74) is 2.57. The smallest absolute Gasteiger partial charge is 0.266 e. The van der Waals surface area contributed by atoms with Crippen molar-refractivity contribution < 1.29 is 4.79 Å². The van der Waals surface area contributed by atoms with Gasteiger partial charge in [0.05, 0.1) is 11.2 Å². The maximum atomic E-state index is 12.2. The van der Waals surface area contributed by atoms with Crippen LogP contribution in [0.1, 0.15) is 22.3 Å². The zero-order chi connectivity index (χ0) is 10.8. The first-order valence-electron chi connectivity index (χ1n) is 5.12. The van der Waals surface area contributed by atoms with Gasteiger partial charge in [-0.15, -0.1) is 11.3 Å². The summed E-state index contributed by atoms with van der Waals surface area (Å²) in [6.45, 7) is 6.51. The molecule has 0 radical (unpaired) electrons. The highest BCUT2D eigenvalue weighted by Gasteiger charge is 2.25. The Morgan fingerprint density at radius 1 is 1.73 bits per heavy atom. The average Bonchev–Trinajstić information content (AvgIpc) is 2.64. The van der Waals surface area contributed by atoms with Gasteiger partial charge in [-0.05, 0) is 13.8 Å². The molecule has 2 heterocycles. The molecule has 1 aromatic heterocycles. The molecule has 1 aliphatic rings. The van der Waals surface area contributed by atoms with E-state index in [9.17, 15) is 4.79 Å². The van der Waals surface area contributed by atoms with Crippen molar-refractivity contribution in [1.82, 2.24) is 15.2 Å². The number of aryl methyl sites for hydroxylation is 1. The van der Waals surface area contributed by atoms with E-state index in [2.05, 4.69) is 17.2 Å². The molecule has 1 saturated heterocycles. The minimum absolute atomic E-state index is 0.129. The second kappa shape index (κ2) is 4.28. The van der Waals surface area contributed by atoms with Crippen molar-refractivity contribution in [1.29, 1.82) is 0 Å². The number of rotatable bonds is 1. The number of piperazine rings is 1. The van der Waals surface area contributed by atoms with Crippen molar-refractivity contribution in [2.75, 3.05) is 19.6 Å². The van der Waals surface area contributed by atoms with Gasteiger partial charge < -0.3 is 10.2 Å². The fourth-order valence-corrected chi connectivity index (χ4v) is 2.54. The SMILES string of the molecule is Cc1ncsc1C(=O)N1CCNC[C@@H]1C. The Bertz CT molecular complexity index is 363. The van der Waals surface area contributed by atoms with Crippen LogP contribution >= 0.6 is 11.3 Å². The van der Waals surface area contributed by atoms with Crippen LogP contribution in [-0.4, -0.2) is 41.5 Å². The van der Waals surface area contributed by atoms with Crippen LogP contribution in [0.4, 0.5) is 0 Å². The van der Waals surface area contributed by atoms with Crippen LogP contribution < -0.4 is 5.32 Å². The molecule has 1 atom stereocenters. The quantitative estimate of drug-likeness (QED) is 0.772. The Balaban J connectivity index is 2.17. The molecule has 15 heavy (non-hydrogen) atoms. The summed E-state index contributed by atoms with van der Waals surface area (Å²) in [6.07, 6.45) is 0. The molecular formula is C10H15N3OS. The van der Waals surface area contributed by atoms with Crippen LogP contribution in [0.2, 0.25) is 0 Å². The molecule has 82 valence electrons. The second-order valence-electron chi connectivity index (χ2n) is 3.82. The lowest BCUT2D eigenvalue weighted by atomic mass is 10.2. The second-order valence-corrected chi connectivity index (χ2v) is 4.67. The predicted octanol–water partition coefficient (Wildman–Crippen LogP) is 0.885. The fourth-order valence-electron chi connectivity index (χ4n) is 1.78. The van der Waals surface area contributed by atoms with Crippen molar-refractivity contribution in [2.45, 2.75) is 19.9 Å². The topological polar surface area (TPSA) is 45.2 Å². The molecule has 0 unspecified atom stereocenters. The molecule has 0 spiro atoms. The van der Waals surface area contributed by atoms with Gasteiger partial charge >= 0.3 is 0 Å². The summed E-state index contributed by atoms with van der Waals surface area (Å²) in [5.74, 6) is 0.129. The highest BCUT2D eigenvalue weighted by Crippen LogP contribution is 2.17. The van der Waals surface area contributed by atoms with Crippen molar-refractivity contribution in [3.63, 3.8) is 0 Å². The number of nitrogens with zero attached hydrogens (tertiary/aromatic N) is 2. The van der Waals surface area contributed by atoms with Gasteiger partial charge in [0.15, 0.2) is 0 Å². The lowest BCUT2D eigenvalue weighted by Gasteiger charge is -2.33. The van der Waals surface area contributed by atoms with E-state index in [1.54, 1.807) is 5.51 Å². The van der Waals surface area contributed by atoms with E-state index < -0.39 is 0 Å². The molecule has 1 fully saturated rings. The maximum Gasteiger partial charge on any atom is 0.266 e. The van der Waals surface area contributed by atoms with Crippen molar-refractivity contribution in [3.8, 4) is 0 Å². The van der Waals surface area contributed by atoms with E-state index in [1.807, 2.05) is 11.8 Å². The normalized spacial score (nSPS) is 21.7. The van der Waals surface area contributed by atoms with Crippen molar-refractivity contribution >= 4 is 17.2 Å². The van der Waals surface area contributed by atoms with Crippen LogP contribution in [0.25, 0.3) is 0 Å². The van der Waals surface area contributed by atoms with Gasteiger partial charge in [-0.25, -0.2) is 4.98 Å². The van der Waals surface area contributed by atoms with E-state index in [4.69, 9.17) is 0 Å². The lowest BCUT2D eigenvalue weighted by Crippen LogP contribution is -2.52. The molecule has 4 nitrogen and oxygen atoms in total. The summed E-state index contributed by atoms with van der Waals surface area (Å²) in [6, 6.07) is 0.271. The number of hydrogen-bond donors (Lipinski definition) is 1. The Morgan fingerprint density at radius 3 is 3.13 bits per heavy atom. The van der Waals surface area contributed by atoms with E-state index in [0.29, 0.717) is 0 Å². The minimum atomic E-state index is 0.129. The molecule has 0 bridgehead atoms. The van der Waals surface area contributed by atoms with Crippen LogP contribution in [0.15, 0.2) is 5.51 Å². The molecule has 5 heteroatoms. The van der Waals surface area contributed by atoms with E-state index in [0.717, 1.165) is 30.2 Å². The summed E-state index contributed by atoms with van der Waals surface area (Å²) < 4.78 is 0. The fraction of sp³-hybridized carbons (Fsp3) is 0.600. The van der Waals surface area contributed by atoms with Crippen LogP contribution in [0, 0.1) is 6.92 Å². The molecule has 1 aliphatic heterocycles. The monoisotopic (exact) mass is 225 g/mol. The molecule has 0 aromatic carbocycles. The van der Waals surface area contributed by atoms with Crippen molar-refractivity contribution in [3.05, 3.63) is 16.1 Å². The number of hydrogen-bond acceptors (Lipinski definition) is 4. The molecule has 0 saturated carbocycles. The highest BCUT2D eigenvalue weighted by molar-refractivity contribution is 7.11. The third kappa shape index (κ3) is 2.03. The van der Waals surface area contributed by atoms with E-state index in [1.165, 1.54) is 11.3 Å². The third-order valence-electron chi connectivity index (χ3n) is 2.70. The maximum absolute atomic E-state index is 12.2. The third-order valence-corrected chi connectivity index (χ3v) is 3.62. The zero-order valence-electron chi connectivity index (χ0n) is 8.99. The number of carbonyl (C=O) groups excluding carboxylic acids is 1. The Labute approximate surface area is 93.3 Å². The standard InChI is InChI=1S/C10H15N3OS/c1-7-5-11-3-4-13(7)10(14)9-8(2)12-6-15-9/h6-7,11H,3-5H2,1-2H3/t7-/m0/s1. The Kier molecular flexibility index (Phi) is 3.02. The molecule has 1 amide bonds. The van der Waals surface area contributed by atoms with E-state index >= 15 is 0 Å². The minimum Gasteiger partial charge on any atom is -0.333 e. The summed E-state index contributed by atoms with van der Waals surface area (Å²) in [4.78, 5) is 19.0. The molecule has 0 aliphatic carbocycles. The van der Waals surface area contributed by atoms with Crippen LogP contribution in [-0.2, 0) is 0 Å². The average molecular weight is 225 g/mol. The summed E-state index contributed by atoms with van der Waals surface area (Å²) in [7, 11) is 0. The zero-order valence-corrected chi connectivity index (χ0v) is 9.80. The van der Waals surface area contributed by atoms with Gasteiger partial charge in [-0.3, -0.25) is 4.79 Å². The van der Waals surface area contributed by atoms with Gasteiger partial charge in [0.1, 0.15) is 4.88 Å². The number of carbonyl (C=O) groups is 1. The first-order valence-corrected chi connectivity index (χ1v) is 6.00. The highest BCUT2D eigenvalue weighted by atomic mass is 32.1. The molecule has 1 aromatic rings. The number of aromatic nitrogens is 1. The Hall–Kier alpha value is -0.940. The molecule has 2 rings (SSSR count). The van der Waals surface area contributed by atoms with E-state index in [-0.39, 0.29) is 11.9 Å². The van der Waals surface area contributed by atoms with Gasteiger partial charge in [0.25, 0.3) is 5.91 Å². The largest absolute Gasteiger partial charge is 0.333 e. The molecular weight excluding hydrogens is 210 g/mol. The van der Waals surface area contributed by atoms with Crippen LogP contribution in [0.3, 0.4) is 0 Å². The number of thiazole rings is 1. The van der Waals surface area contributed by atoms with Gasteiger partial charge in [-0.1, -0.05) is 0 Å². The van der Waals surface area contributed by atoms with Gasteiger partial charge in [0.2, 0.25) is 0 Å². The number of nitrogens with one attached hydrogen (secondary N) is 1. The summed E-state index contributed by atoms with van der Waals surface area (Å²) in [5, 5.41) is 3.27. The first-order chi connectivity index (χ1) is 7.20. The number of amides is 1. The molecule has 1 N–H and O–H groups in total.